The topological polar surface area (TPSA) is 52.6 Å². The molecule has 2 aliphatic heterocycles. The lowest BCUT2D eigenvalue weighted by molar-refractivity contribution is -0.132. The van der Waals surface area contributed by atoms with Gasteiger partial charge in [-0.15, -0.1) is 0 Å². The minimum atomic E-state index is -0.592. The van der Waals surface area contributed by atoms with Gasteiger partial charge < -0.3 is 15.3 Å². The Morgan fingerprint density at radius 2 is 2.16 bits per heavy atom. The van der Waals surface area contributed by atoms with Crippen LogP contribution < -0.4 is 5.32 Å². The number of likely N-dealkylation sites (tertiary alicyclic amines) is 1. The SMILES string of the molecule is CC1CCCNC1CC(=O)N1CCCC(C)(O)CC1. The number of nitrogens with zero attached hydrogens (tertiary/aromatic N) is 1. The molecule has 2 aliphatic rings. The van der Waals surface area contributed by atoms with Crippen molar-refractivity contribution in [2.24, 2.45) is 5.92 Å². The fourth-order valence-electron chi connectivity index (χ4n) is 3.22. The van der Waals surface area contributed by atoms with Crippen molar-refractivity contribution in [1.82, 2.24) is 10.2 Å². The number of nitrogens with one attached hydrogen (secondary N) is 1. The van der Waals surface area contributed by atoms with E-state index >= 15 is 0 Å². The summed E-state index contributed by atoms with van der Waals surface area (Å²) < 4.78 is 0. The fourth-order valence-corrected chi connectivity index (χ4v) is 3.22. The van der Waals surface area contributed by atoms with Gasteiger partial charge >= 0.3 is 0 Å². The number of hydrogen-bond acceptors (Lipinski definition) is 3. The second kappa shape index (κ2) is 6.23. The van der Waals surface area contributed by atoms with Crippen molar-refractivity contribution in [3.63, 3.8) is 0 Å². The summed E-state index contributed by atoms with van der Waals surface area (Å²) in [6.07, 6.45) is 5.47. The van der Waals surface area contributed by atoms with Crippen molar-refractivity contribution in [2.45, 2.75) is 64.0 Å². The van der Waals surface area contributed by atoms with Crippen molar-refractivity contribution in [3.05, 3.63) is 0 Å². The summed E-state index contributed by atoms with van der Waals surface area (Å²) in [5.74, 6) is 0.844. The summed E-state index contributed by atoms with van der Waals surface area (Å²) in [5, 5.41) is 13.5. The molecule has 1 amide bonds. The third-order valence-electron chi connectivity index (χ3n) is 4.74. The van der Waals surface area contributed by atoms with E-state index in [1.165, 1.54) is 12.8 Å². The minimum absolute atomic E-state index is 0.254. The first-order valence-electron chi connectivity index (χ1n) is 7.71. The van der Waals surface area contributed by atoms with E-state index in [0.717, 1.165) is 25.9 Å². The van der Waals surface area contributed by atoms with Crippen molar-refractivity contribution in [2.75, 3.05) is 19.6 Å². The molecule has 0 aromatic carbocycles. The van der Waals surface area contributed by atoms with Gasteiger partial charge in [-0.1, -0.05) is 6.92 Å². The highest BCUT2D eigenvalue weighted by Crippen LogP contribution is 2.23. The van der Waals surface area contributed by atoms with E-state index in [1.54, 1.807) is 0 Å². The summed E-state index contributed by atoms with van der Waals surface area (Å²) in [4.78, 5) is 14.3. The van der Waals surface area contributed by atoms with Crippen LogP contribution in [0.3, 0.4) is 0 Å². The van der Waals surface area contributed by atoms with Crippen molar-refractivity contribution in [1.29, 1.82) is 0 Å². The standard InChI is InChI=1S/C15H28N2O2/c1-12-5-3-8-16-13(12)11-14(18)17-9-4-6-15(2,19)7-10-17/h12-13,16,19H,3-11H2,1-2H3. The number of carbonyl (C=O) groups excluding carboxylic acids is 1. The highest BCUT2D eigenvalue weighted by molar-refractivity contribution is 5.77. The molecule has 4 nitrogen and oxygen atoms in total. The molecule has 0 radical (unpaired) electrons. The Balaban J connectivity index is 1.85. The molecule has 3 unspecified atom stereocenters. The number of piperidine rings is 1. The Morgan fingerprint density at radius 3 is 2.89 bits per heavy atom. The molecule has 2 heterocycles. The largest absolute Gasteiger partial charge is 0.390 e. The molecular weight excluding hydrogens is 240 g/mol. The monoisotopic (exact) mass is 268 g/mol. The van der Waals surface area contributed by atoms with E-state index in [0.29, 0.717) is 31.3 Å². The van der Waals surface area contributed by atoms with Gasteiger partial charge in [-0.3, -0.25) is 4.79 Å². The summed E-state index contributed by atoms with van der Waals surface area (Å²) in [6.45, 7) is 6.66. The van der Waals surface area contributed by atoms with Crippen LogP contribution in [0.4, 0.5) is 0 Å². The van der Waals surface area contributed by atoms with Crippen LogP contribution in [0.1, 0.15) is 52.4 Å². The molecule has 2 rings (SSSR count). The number of hydrogen-bond donors (Lipinski definition) is 2. The second-order valence-electron chi connectivity index (χ2n) is 6.62. The van der Waals surface area contributed by atoms with E-state index in [-0.39, 0.29) is 5.91 Å². The van der Waals surface area contributed by atoms with Crippen LogP contribution in [-0.2, 0) is 4.79 Å². The molecular formula is C15H28N2O2. The van der Waals surface area contributed by atoms with Gasteiger partial charge in [0.15, 0.2) is 0 Å². The smallest absolute Gasteiger partial charge is 0.224 e. The molecule has 0 saturated carbocycles. The zero-order valence-electron chi connectivity index (χ0n) is 12.3. The molecule has 2 N–H and O–H groups in total. The van der Waals surface area contributed by atoms with E-state index in [1.807, 2.05) is 11.8 Å². The average molecular weight is 268 g/mol. The maximum absolute atomic E-state index is 12.4. The van der Waals surface area contributed by atoms with Crippen LogP contribution in [0, 0.1) is 5.92 Å². The molecule has 4 heteroatoms. The molecule has 0 aromatic heterocycles. The van der Waals surface area contributed by atoms with Gasteiger partial charge in [-0.05, 0) is 51.5 Å². The first-order chi connectivity index (χ1) is 8.98. The summed E-state index contributed by atoms with van der Waals surface area (Å²) in [6, 6.07) is 0.338. The zero-order chi connectivity index (χ0) is 13.9. The highest BCUT2D eigenvalue weighted by Gasteiger charge is 2.29. The number of amides is 1. The van der Waals surface area contributed by atoms with Crippen molar-refractivity contribution >= 4 is 5.91 Å². The molecule has 0 aromatic rings. The summed E-state index contributed by atoms with van der Waals surface area (Å²) >= 11 is 0. The van der Waals surface area contributed by atoms with Gasteiger partial charge in [0, 0.05) is 25.6 Å². The van der Waals surface area contributed by atoms with Crippen molar-refractivity contribution in [3.8, 4) is 0 Å². The Kier molecular flexibility index (Phi) is 4.85. The summed E-state index contributed by atoms with van der Waals surface area (Å²) in [7, 11) is 0. The fraction of sp³-hybridized carbons (Fsp3) is 0.933. The minimum Gasteiger partial charge on any atom is -0.390 e. The van der Waals surface area contributed by atoms with E-state index in [9.17, 15) is 9.90 Å². The molecule has 110 valence electrons. The van der Waals surface area contributed by atoms with Gasteiger partial charge in [0.1, 0.15) is 0 Å². The molecule has 0 bridgehead atoms. The molecule has 2 fully saturated rings. The third-order valence-corrected chi connectivity index (χ3v) is 4.74. The van der Waals surface area contributed by atoms with Crippen LogP contribution in [0.2, 0.25) is 0 Å². The number of rotatable bonds is 2. The number of carbonyl (C=O) groups is 1. The van der Waals surface area contributed by atoms with Crippen LogP contribution in [-0.4, -0.2) is 47.2 Å². The maximum Gasteiger partial charge on any atom is 0.224 e. The Hall–Kier alpha value is -0.610. The van der Waals surface area contributed by atoms with Gasteiger partial charge in [0.2, 0.25) is 5.91 Å². The Labute approximate surface area is 116 Å². The molecule has 3 atom stereocenters. The van der Waals surface area contributed by atoms with E-state index in [4.69, 9.17) is 0 Å². The molecule has 0 spiro atoms. The van der Waals surface area contributed by atoms with Crippen molar-refractivity contribution < 1.29 is 9.90 Å². The predicted molar refractivity (Wildman–Crippen MR) is 75.9 cm³/mol. The normalized spacial score (nSPS) is 36.9. The van der Waals surface area contributed by atoms with Gasteiger partial charge in [-0.25, -0.2) is 0 Å². The first-order valence-corrected chi connectivity index (χ1v) is 7.71. The zero-order valence-corrected chi connectivity index (χ0v) is 12.3. The third kappa shape index (κ3) is 4.18. The summed E-state index contributed by atoms with van der Waals surface area (Å²) in [5.41, 5.74) is -0.592. The molecule has 19 heavy (non-hydrogen) atoms. The van der Waals surface area contributed by atoms with E-state index in [2.05, 4.69) is 12.2 Å². The van der Waals surface area contributed by atoms with Crippen LogP contribution in [0.15, 0.2) is 0 Å². The molecule has 2 saturated heterocycles. The lowest BCUT2D eigenvalue weighted by atomic mass is 9.90. The lowest BCUT2D eigenvalue weighted by Crippen LogP contribution is -2.44. The van der Waals surface area contributed by atoms with Crippen LogP contribution in [0.25, 0.3) is 0 Å². The Bertz CT molecular complexity index is 317. The number of aliphatic hydroxyl groups is 1. The second-order valence-corrected chi connectivity index (χ2v) is 6.62. The average Bonchev–Trinajstić information content (AvgIpc) is 2.53. The van der Waals surface area contributed by atoms with Gasteiger partial charge in [0.25, 0.3) is 0 Å². The Morgan fingerprint density at radius 1 is 1.37 bits per heavy atom. The van der Waals surface area contributed by atoms with Gasteiger partial charge in [0.05, 0.1) is 5.60 Å². The van der Waals surface area contributed by atoms with Crippen LogP contribution >= 0.6 is 0 Å². The van der Waals surface area contributed by atoms with Crippen LogP contribution in [0.5, 0.6) is 0 Å². The lowest BCUT2D eigenvalue weighted by Gasteiger charge is -2.31. The molecule has 0 aliphatic carbocycles. The van der Waals surface area contributed by atoms with Gasteiger partial charge in [-0.2, -0.15) is 0 Å². The maximum atomic E-state index is 12.4. The predicted octanol–water partition coefficient (Wildman–Crippen LogP) is 1.53. The first kappa shape index (κ1) is 14.8. The highest BCUT2D eigenvalue weighted by atomic mass is 16.3. The van der Waals surface area contributed by atoms with E-state index < -0.39 is 5.60 Å². The quantitative estimate of drug-likeness (QED) is 0.798.